The Bertz CT molecular complexity index is 603. The van der Waals surface area contributed by atoms with E-state index in [-0.39, 0.29) is 5.91 Å². The van der Waals surface area contributed by atoms with E-state index in [0.29, 0.717) is 17.8 Å². The van der Waals surface area contributed by atoms with Crippen LogP contribution in [0.5, 0.6) is 0 Å². The minimum Gasteiger partial charge on any atom is -0.398 e. The first-order chi connectivity index (χ1) is 8.99. The van der Waals surface area contributed by atoms with E-state index >= 15 is 0 Å². The fraction of sp³-hybridized carbons (Fsp3) is 0.286. The van der Waals surface area contributed by atoms with Gasteiger partial charge in [-0.25, -0.2) is 4.98 Å². The molecule has 1 aromatic heterocycles. The lowest BCUT2D eigenvalue weighted by Crippen LogP contribution is -2.28. The van der Waals surface area contributed by atoms with Crippen molar-refractivity contribution < 1.29 is 4.79 Å². The van der Waals surface area contributed by atoms with Crippen LogP contribution in [0.25, 0.3) is 0 Å². The van der Waals surface area contributed by atoms with Crippen LogP contribution in [0, 0.1) is 6.92 Å². The molecule has 0 aliphatic rings. The quantitative estimate of drug-likeness (QED) is 0.850. The van der Waals surface area contributed by atoms with Gasteiger partial charge in [-0.2, -0.15) is 0 Å². The Kier molecular flexibility index (Phi) is 3.55. The van der Waals surface area contributed by atoms with Crippen molar-refractivity contribution in [1.82, 2.24) is 14.5 Å². The summed E-state index contributed by atoms with van der Waals surface area (Å²) >= 11 is 0. The average molecular weight is 258 g/mol. The molecule has 1 amide bonds. The maximum Gasteiger partial charge on any atom is 0.256 e. The molecular weight excluding hydrogens is 240 g/mol. The van der Waals surface area contributed by atoms with Crippen molar-refractivity contribution in [3.63, 3.8) is 0 Å². The number of anilines is 1. The topological polar surface area (TPSA) is 64.2 Å². The molecular formula is C14H18N4O. The van der Waals surface area contributed by atoms with E-state index in [1.807, 2.05) is 36.9 Å². The van der Waals surface area contributed by atoms with Gasteiger partial charge in [-0.3, -0.25) is 4.79 Å². The van der Waals surface area contributed by atoms with Gasteiger partial charge in [-0.1, -0.05) is 11.6 Å². The minimum atomic E-state index is -0.0933. The number of carbonyl (C=O) groups excluding carboxylic acids is 1. The molecule has 2 aromatic rings. The van der Waals surface area contributed by atoms with Crippen LogP contribution in [0.2, 0.25) is 0 Å². The smallest absolute Gasteiger partial charge is 0.256 e. The van der Waals surface area contributed by atoms with E-state index in [4.69, 9.17) is 5.73 Å². The van der Waals surface area contributed by atoms with Crippen molar-refractivity contribution in [3.05, 3.63) is 47.5 Å². The molecule has 19 heavy (non-hydrogen) atoms. The first kappa shape index (κ1) is 13.1. The number of nitrogens with zero attached hydrogens (tertiary/aromatic N) is 3. The minimum absolute atomic E-state index is 0.0933. The number of rotatable bonds is 3. The zero-order valence-electron chi connectivity index (χ0n) is 11.4. The molecule has 0 unspecified atom stereocenters. The fourth-order valence-corrected chi connectivity index (χ4v) is 1.89. The monoisotopic (exact) mass is 258 g/mol. The summed E-state index contributed by atoms with van der Waals surface area (Å²) in [7, 11) is 3.65. The van der Waals surface area contributed by atoms with Crippen molar-refractivity contribution in [2.45, 2.75) is 13.5 Å². The third-order valence-corrected chi connectivity index (χ3v) is 3.09. The van der Waals surface area contributed by atoms with Crippen LogP contribution in [0.15, 0.2) is 30.6 Å². The van der Waals surface area contributed by atoms with E-state index in [9.17, 15) is 4.79 Å². The summed E-state index contributed by atoms with van der Waals surface area (Å²) in [6.07, 6.45) is 3.57. The van der Waals surface area contributed by atoms with Crippen molar-refractivity contribution >= 4 is 11.6 Å². The molecule has 0 fully saturated rings. The van der Waals surface area contributed by atoms with Crippen LogP contribution in [0.3, 0.4) is 0 Å². The molecule has 0 spiro atoms. The number of aromatic nitrogens is 2. The summed E-state index contributed by atoms with van der Waals surface area (Å²) in [5.74, 6) is 0.742. The van der Waals surface area contributed by atoms with Gasteiger partial charge in [-0.15, -0.1) is 0 Å². The standard InChI is InChI=1S/C14H18N4O/c1-10-4-5-12(15)11(8-10)14(19)18(3)9-13-16-6-7-17(13)2/h4-8H,9,15H2,1-3H3. The highest BCUT2D eigenvalue weighted by molar-refractivity contribution is 5.99. The highest BCUT2D eigenvalue weighted by Crippen LogP contribution is 2.16. The molecule has 0 aliphatic carbocycles. The summed E-state index contributed by atoms with van der Waals surface area (Å²) < 4.78 is 1.89. The van der Waals surface area contributed by atoms with Crippen molar-refractivity contribution in [1.29, 1.82) is 0 Å². The number of benzene rings is 1. The number of imidazole rings is 1. The first-order valence-electron chi connectivity index (χ1n) is 6.07. The Labute approximate surface area is 112 Å². The number of hydrogen-bond donors (Lipinski definition) is 1. The number of nitrogens with two attached hydrogens (primary N) is 1. The summed E-state index contributed by atoms with van der Waals surface area (Å²) in [4.78, 5) is 18.2. The lowest BCUT2D eigenvalue weighted by Gasteiger charge is -2.18. The van der Waals surface area contributed by atoms with Crippen LogP contribution >= 0.6 is 0 Å². The van der Waals surface area contributed by atoms with Crippen LogP contribution in [-0.2, 0) is 13.6 Å². The van der Waals surface area contributed by atoms with Gasteiger partial charge in [0, 0.05) is 32.2 Å². The number of amides is 1. The van der Waals surface area contributed by atoms with E-state index in [1.54, 1.807) is 24.2 Å². The summed E-state index contributed by atoms with van der Waals surface area (Å²) in [5.41, 5.74) is 7.92. The fourth-order valence-electron chi connectivity index (χ4n) is 1.89. The molecule has 1 heterocycles. The molecule has 2 rings (SSSR count). The molecule has 0 saturated carbocycles. The van der Waals surface area contributed by atoms with Gasteiger partial charge in [0.25, 0.3) is 5.91 Å². The van der Waals surface area contributed by atoms with Gasteiger partial charge < -0.3 is 15.2 Å². The second-order valence-electron chi connectivity index (χ2n) is 4.71. The second-order valence-corrected chi connectivity index (χ2v) is 4.71. The Morgan fingerprint density at radius 3 is 2.84 bits per heavy atom. The Balaban J connectivity index is 2.19. The number of nitrogen functional groups attached to an aromatic ring is 1. The summed E-state index contributed by atoms with van der Waals surface area (Å²) in [6, 6.07) is 5.47. The van der Waals surface area contributed by atoms with Gasteiger partial charge in [0.1, 0.15) is 5.82 Å². The molecule has 5 heteroatoms. The predicted octanol–water partition coefficient (Wildman–Crippen LogP) is 1.58. The van der Waals surface area contributed by atoms with E-state index in [2.05, 4.69) is 4.98 Å². The van der Waals surface area contributed by atoms with Crippen molar-refractivity contribution in [2.24, 2.45) is 7.05 Å². The van der Waals surface area contributed by atoms with Crippen LogP contribution in [0.1, 0.15) is 21.7 Å². The average Bonchev–Trinajstić information content (AvgIpc) is 2.77. The number of carbonyl (C=O) groups is 1. The summed E-state index contributed by atoms with van der Waals surface area (Å²) in [6.45, 7) is 2.39. The highest BCUT2D eigenvalue weighted by atomic mass is 16.2. The third-order valence-electron chi connectivity index (χ3n) is 3.09. The van der Waals surface area contributed by atoms with E-state index in [1.165, 1.54) is 0 Å². The number of hydrogen-bond acceptors (Lipinski definition) is 3. The van der Waals surface area contributed by atoms with Crippen molar-refractivity contribution in [2.75, 3.05) is 12.8 Å². The predicted molar refractivity (Wildman–Crippen MR) is 74.6 cm³/mol. The van der Waals surface area contributed by atoms with Gasteiger partial charge in [0.15, 0.2) is 0 Å². The lowest BCUT2D eigenvalue weighted by molar-refractivity contribution is 0.0781. The zero-order chi connectivity index (χ0) is 14.0. The molecule has 0 saturated heterocycles. The van der Waals surface area contributed by atoms with Crippen LogP contribution in [0.4, 0.5) is 5.69 Å². The van der Waals surface area contributed by atoms with Crippen LogP contribution in [-0.4, -0.2) is 27.4 Å². The van der Waals surface area contributed by atoms with Crippen LogP contribution < -0.4 is 5.73 Å². The SMILES string of the molecule is Cc1ccc(N)c(C(=O)N(C)Cc2nccn2C)c1. The highest BCUT2D eigenvalue weighted by Gasteiger charge is 2.16. The van der Waals surface area contributed by atoms with Gasteiger partial charge in [-0.05, 0) is 19.1 Å². The Hall–Kier alpha value is -2.30. The Morgan fingerprint density at radius 1 is 1.47 bits per heavy atom. The summed E-state index contributed by atoms with van der Waals surface area (Å²) in [5, 5.41) is 0. The van der Waals surface area contributed by atoms with E-state index in [0.717, 1.165) is 11.4 Å². The second kappa shape index (κ2) is 5.14. The normalized spacial score (nSPS) is 10.5. The van der Waals surface area contributed by atoms with Gasteiger partial charge in [0.2, 0.25) is 0 Å². The molecule has 5 nitrogen and oxygen atoms in total. The van der Waals surface area contributed by atoms with Gasteiger partial charge in [0.05, 0.1) is 12.1 Å². The molecule has 0 bridgehead atoms. The lowest BCUT2D eigenvalue weighted by atomic mass is 10.1. The molecule has 0 aliphatic heterocycles. The van der Waals surface area contributed by atoms with E-state index < -0.39 is 0 Å². The molecule has 0 radical (unpaired) electrons. The number of aryl methyl sites for hydroxylation is 2. The largest absolute Gasteiger partial charge is 0.398 e. The van der Waals surface area contributed by atoms with Gasteiger partial charge >= 0.3 is 0 Å². The molecule has 0 atom stereocenters. The third kappa shape index (κ3) is 2.76. The van der Waals surface area contributed by atoms with Crippen molar-refractivity contribution in [3.8, 4) is 0 Å². The molecule has 100 valence electrons. The first-order valence-corrected chi connectivity index (χ1v) is 6.07. The molecule has 2 N–H and O–H groups in total. The maximum absolute atomic E-state index is 12.4. The Morgan fingerprint density at radius 2 is 2.21 bits per heavy atom. The maximum atomic E-state index is 12.4. The molecule has 1 aromatic carbocycles. The zero-order valence-corrected chi connectivity index (χ0v) is 11.4.